The van der Waals surface area contributed by atoms with Gasteiger partial charge in [-0.15, -0.1) is 0 Å². The SMILES string of the molecule is CCC(O)CCNc1nccc(C)c1C(=O)O. The summed E-state index contributed by atoms with van der Waals surface area (Å²) in [6.45, 7) is 4.14. The van der Waals surface area contributed by atoms with E-state index in [-0.39, 0.29) is 11.7 Å². The van der Waals surface area contributed by atoms with E-state index in [1.807, 2.05) is 6.92 Å². The molecule has 0 saturated carbocycles. The van der Waals surface area contributed by atoms with Crippen LogP contribution in [0.1, 0.15) is 35.7 Å². The van der Waals surface area contributed by atoms with Gasteiger partial charge in [-0.25, -0.2) is 9.78 Å². The molecule has 5 nitrogen and oxygen atoms in total. The van der Waals surface area contributed by atoms with Crippen LogP contribution in [0.2, 0.25) is 0 Å². The standard InChI is InChI=1S/C12H18N2O3/c1-3-9(15)5-7-14-11-10(12(16)17)8(2)4-6-13-11/h4,6,9,15H,3,5,7H2,1-2H3,(H,13,14)(H,16,17). The van der Waals surface area contributed by atoms with Gasteiger partial charge in [-0.1, -0.05) is 6.92 Å². The minimum absolute atomic E-state index is 0.193. The number of nitrogens with zero attached hydrogens (tertiary/aromatic N) is 1. The first-order chi connectivity index (χ1) is 8.06. The van der Waals surface area contributed by atoms with E-state index >= 15 is 0 Å². The molecule has 3 N–H and O–H groups in total. The molecule has 0 aliphatic rings. The van der Waals surface area contributed by atoms with Gasteiger partial charge in [0.05, 0.1) is 6.10 Å². The van der Waals surface area contributed by atoms with Crippen LogP contribution in [-0.2, 0) is 0 Å². The number of rotatable bonds is 6. The molecule has 0 amide bonds. The maximum absolute atomic E-state index is 11.1. The van der Waals surface area contributed by atoms with E-state index in [9.17, 15) is 9.90 Å². The van der Waals surface area contributed by atoms with Crippen molar-refractivity contribution < 1.29 is 15.0 Å². The van der Waals surface area contributed by atoms with Gasteiger partial charge in [0.25, 0.3) is 0 Å². The van der Waals surface area contributed by atoms with E-state index in [1.165, 1.54) is 0 Å². The summed E-state index contributed by atoms with van der Waals surface area (Å²) in [6.07, 6.45) is 2.47. The molecule has 1 unspecified atom stereocenters. The number of carbonyl (C=O) groups is 1. The monoisotopic (exact) mass is 238 g/mol. The zero-order valence-corrected chi connectivity index (χ0v) is 10.1. The normalized spacial score (nSPS) is 12.2. The van der Waals surface area contributed by atoms with E-state index in [1.54, 1.807) is 19.2 Å². The molecule has 1 heterocycles. The highest BCUT2D eigenvalue weighted by molar-refractivity contribution is 5.94. The van der Waals surface area contributed by atoms with E-state index in [0.29, 0.717) is 30.8 Å². The molecule has 0 aliphatic carbocycles. The van der Waals surface area contributed by atoms with Crippen LogP contribution in [0.15, 0.2) is 12.3 Å². The third-order valence-electron chi connectivity index (χ3n) is 2.61. The summed E-state index contributed by atoms with van der Waals surface area (Å²) in [7, 11) is 0. The molecular formula is C12H18N2O3. The van der Waals surface area contributed by atoms with Crippen LogP contribution in [0, 0.1) is 6.92 Å². The molecule has 0 aliphatic heterocycles. The van der Waals surface area contributed by atoms with Crippen LogP contribution in [0.3, 0.4) is 0 Å². The molecule has 0 spiro atoms. The van der Waals surface area contributed by atoms with Crippen molar-refractivity contribution in [3.05, 3.63) is 23.4 Å². The minimum atomic E-state index is -0.992. The highest BCUT2D eigenvalue weighted by Gasteiger charge is 2.14. The van der Waals surface area contributed by atoms with Gasteiger partial charge in [0.15, 0.2) is 0 Å². The second-order valence-corrected chi connectivity index (χ2v) is 3.93. The molecule has 1 rings (SSSR count). The van der Waals surface area contributed by atoms with Gasteiger partial charge in [0, 0.05) is 12.7 Å². The third kappa shape index (κ3) is 3.71. The second kappa shape index (κ2) is 6.20. The lowest BCUT2D eigenvalue weighted by Crippen LogP contribution is -2.15. The first kappa shape index (κ1) is 13.4. The number of anilines is 1. The van der Waals surface area contributed by atoms with Gasteiger partial charge in [-0.3, -0.25) is 0 Å². The number of aliphatic hydroxyl groups is 1. The molecular weight excluding hydrogens is 220 g/mol. The molecule has 0 saturated heterocycles. The first-order valence-electron chi connectivity index (χ1n) is 5.67. The van der Waals surface area contributed by atoms with E-state index in [2.05, 4.69) is 10.3 Å². The lowest BCUT2D eigenvalue weighted by atomic mass is 10.1. The molecule has 0 fully saturated rings. The van der Waals surface area contributed by atoms with Crippen molar-refractivity contribution in [3.63, 3.8) is 0 Å². The number of carboxylic acid groups (broad SMARTS) is 1. The summed E-state index contributed by atoms with van der Waals surface area (Å²) >= 11 is 0. The Balaban J connectivity index is 2.71. The van der Waals surface area contributed by atoms with Gasteiger partial charge >= 0.3 is 5.97 Å². The van der Waals surface area contributed by atoms with Crippen molar-refractivity contribution in [1.82, 2.24) is 4.98 Å². The number of carboxylic acids is 1. The first-order valence-corrected chi connectivity index (χ1v) is 5.67. The molecule has 0 radical (unpaired) electrons. The Morgan fingerprint density at radius 3 is 2.88 bits per heavy atom. The fraction of sp³-hybridized carbons (Fsp3) is 0.500. The number of aromatic carboxylic acids is 1. The second-order valence-electron chi connectivity index (χ2n) is 3.93. The minimum Gasteiger partial charge on any atom is -0.478 e. The Labute approximate surface area is 101 Å². The van der Waals surface area contributed by atoms with Crippen LogP contribution in [0.5, 0.6) is 0 Å². The van der Waals surface area contributed by atoms with Gasteiger partial charge in [-0.2, -0.15) is 0 Å². The topological polar surface area (TPSA) is 82.5 Å². The maximum Gasteiger partial charge on any atom is 0.339 e. The maximum atomic E-state index is 11.1. The Bertz CT molecular complexity index is 393. The lowest BCUT2D eigenvalue weighted by Gasteiger charge is -2.12. The summed E-state index contributed by atoms with van der Waals surface area (Å²) in [5.41, 5.74) is 0.865. The average molecular weight is 238 g/mol. The lowest BCUT2D eigenvalue weighted by molar-refractivity contribution is 0.0697. The summed E-state index contributed by atoms with van der Waals surface area (Å²) in [4.78, 5) is 15.1. The Kier molecular flexibility index (Phi) is 4.90. The summed E-state index contributed by atoms with van der Waals surface area (Å²) in [5.74, 6) is -0.630. The molecule has 0 bridgehead atoms. The average Bonchev–Trinajstić information content (AvgIpc) is 2.28. The Hall–Kier alpha value is -1.62. The smallest absolute Gasteiger partial charge is 0.339 e. The van der Waals surface area contributed by atoms with Crippen LogP contribution >= 0.6 is 0 Å². The summed E-state index contributed by atoms with van der Waals surface area (Å²) < 4.78 is 0. The number of aromatic nitrogens is 1. The van der Waals surface area contributed by atoms with Crippen molar-refractivity contribution in [2.75, 3.05) is 11.9 Å². The Morgan fingerprint density at radius 2 is 2.29 bits per heavy atom. The molecule has 94 valence electrons. The fourth-order valence-electron chi connectivity index (χ4n) is 1.52. The van der Waals surface area contributed by atoms with Crippen LogP contribution in [0.25, 0.3) is 0 Å². The number of aryl methyl sites for hydroxylation is 1. The fourth-order valence-corrected chi connectivity index (χ4v) is 1.52. The highest BCUT2D eigenvalue weighted by Crippen LogP contribution is 2.16. The number of aliphatic hydroxyl groups excluding tert-OH is 1. The molecule has 1 aromatic rings. The zero-order valence-electron chi connectivity index (χ0n) is 10.1. The van der Waals surface area contributed by atoms with Crippen molar-refractivity contribution in [3.8, 4) is 0 Å². The van der Waals surface area contributed by atoms with Crippen LogP contribution < -0.4 is 5.32 Å². The number of nitrogens with one attached hydrogen (secondary N) is 1. The number of pyridine rings is 1. The van der Waals surface area contributed by atoms with Crippen LogP contribution in [0.4, 0.5) is 5.82 Å². The van der Waals surface area contributed by atoms with E-state index < -0.39 is 5.97 Å². The van der Waals surface area contributed by atoms with Crippen molar-refractivity contribution in [2.45, 2.75) is 32.8 Å². The quantitative estimate of drug-likeness (QED) is 0.702. The highest BCUT2D eigenvalue weighted by atomic mass is 16.4. The van der Waals surface area contributed by atoms with Gasteiger partial charge in [0.1, 0.15) is 11.4 Å². The molecule has 0 aromatic carbocycles. The van der Waals surface area contributed by atoms with E-state index in [4.69, 9.17) is 5.11 Å². The predicted octanol–water partition coefficient (Wildman–Crippen LogP) is 1.66. The Morgan fingerprint density at radius 1 is 1.59 bits per heavy atom. The third-order valence-corrected chi connectivity index (χ3v) is 2.61. The molecule has 17 heavy (non-hydrogen) atoms. The number of hydrogen-bond donors (Lipinski definition) is 3. The van der Waals surface area contributed by atoms with Gasteiger partial charge in [0.2, 0.25) is 0 Å². The number of hydrogen-bond acceptors (Lipinski definition) is 4. The molecule has 1 aromatic heterocycles. The predicted molar refractivity (Wildman–Crippen MR) is 65.3 cm³/mol. The summed E-state index contributed by atoms with van der Waals surface area (Å²) in [6, 6.07) is 1.66. The van der Waals surface area contributed by atoms with Crippen LogP contribution in [-0.4, -0.2) is 33.8 Å². The van der Waals surface area contributed by atoms with Gasteiger partial charge < -0.3 is 15.5 Å². The van der Waals surface area contributed by atoms with Crippen molar-refractivity contribution >= 4 is 11.8 Å². The molecule has 5 heteroatoms. The molecule has 1 atom stereocenters. The van der Waals surface area contributed by atoms with Crippen molar-refractivity contribution in [2.24, 2.45) is 0 Å². The van der Waals surface area contributed by atoms with E-state index in [0.717, 1.165) is 0 Å². The van der Waals surface area contributed by atoms with Crippen molar-refractivity contribution in [1.29, 1.82) is 0 Å². The summed E-state index contributed by atoms with van der Waals surface area (Å²) in [5, 5.41) is 21.4. The largest absolute Gasteiger partial charge is 0.478 e. The van der Waals surface area contributed by atoms with Gasteiger partial charge in [-0.05, 0) is 31.4 Å². The zero-order chi connectivity index (χ0) is 12.8.